The minimum atomic E-state index is -3.72. The van der Waals surface area contributed by atoms with Crippen LogP contribution in [0.5, 0.6) is 0 Å². The Morgan fingerprint density at radius 3 is 2.29 bits per heavy atom. The minimum absolute atomic E-state index is 0.108. The van der Waals surface area contributed by atoms with Crippen LogP contribution >= 0.6 is 11.6 Å². The van der Waals surface area contributed by atoms with Crippen LogP contribution in [0.1, 0.15) is 24.1 Å². The van der Waals surface area contributed by atoms with E-state index in [1.807, 2.05) is 49.4 Å². The summed E-state index contributed by atoms with van der Waals surface area (Å²) in [6.07, 6.45) is 3.32. The van der Waals surface area contributed by atoms with E-state index in [4.69, 9.17) is 11.6 Å². The first kappa shape index (κ1) is 21.8. The molecular formula is C24H26ClN3O2S. The summed E-state index contributed by atoms with van der Waals surface area (Å²) in [5, 5.41) is 0.517. The van der Waals surface area contributed by atoms with Crippen molar-refractivity contribution in [2.24, 2.45) is 0 Å². The van der Waals surface area contributed by atoms with Crippen molar-refractivity contribution in [3.8, 4) is 0 Å². The number of halogens is 1. The van der Waals surface area contributed by atoms with Gasteiger partial charge < -0.3 is 0 Å². The number of benzene rings is 2. The van der Waals surface area contributed by atoms with E-state index < -0.39 is 10.0 Å². The minimum Gasteiger partial charge on any atom is -0.297 e. The van der Waals surface area contributed by atoms with Gasteiger partial charge in [0.25, 0.3) is 10.0 Å². The molecule has 0 N–H and O–H groups in total. The van der Waals surface area contributed by atoms with Gasteiger partial charge in [-0.3, -0.25) is 14.2 Å². The van der Waals surface area contributed by atoms with Crippen molar-refractivity contribution in [1.82, 2.24) is 9.88 Å². The van der Waals surface area contributed by atoms with Gasteiger partial charge in [-0.05, 0) is 68.3 Å². The van der Waals surface area contributed by atoms with Crippen molar-refractivity contribution >= 4 is 27.3 Å². The van der Waals surface area contributed by atoms with Gasteiger partial charge >= 0.3 is 0 Å². The lowest BCUT2D eigenvalue weighted by atomic mass is 10.0. The largest absolute Gasteiger partial charge is 0.297 e. The Morgan fingerprint density at radius 1 is 1.00 bits per heavy atom. The molecule has 1 saturated heterocycles. The summed E-state index contributed by atoms with van der Waals surface area (Å²) in [7, 11) is -3.72. The first-order valence-electron chi connectivity index (χ1n) is 10.4. The van der Waals surface area contributed by atoms with Crippen LogP contribution in [0.25, 0.3) is 0 Å². The molecular weight excluding hydrogens is 430 g/mol. The molecule has 1 aliphatic heterocycles. The molecule has 162 valence electrons. The van der Waals surface area contributed by atoms with E-state index in [9.17, 15) is 8.42 Å². The average molecular weight is 456 g/mol. The quantitative estimate of drug-likeness (QED) is 0.530. The summed E-state index contributed by atoms with van der Waals surface area (Å²) >= 11 is 5.99. The number of aromatic nitrogens is 1. The van der Waals surface area contributed by atoms with E-state index in [0.29, 0.717) is 10.7 Å². The molecule has 3 aromatic rings. The van der Waals surface area contributed by atoms with Gasteiger partial charge in [-0.1, -0.05) is 35.4 Å². The van der Waals surface area contributed by atoms with E-state index in [1.165, 1.54) is 0 Å². The molecule has 0 atom stereocenters. The van der Waals surface area contributed by atoms with Gasteiger partial charge in [0, 0.05) is 36.9 Å². The molecule has 0 unspecified atom stereocenters. The van der Waals surface area contributed by atoms with Crippen LogP contribution in [0.3, 0.4) is 0 Å². The lowest BCUT2D eigenvalue weighted by Gasteiger charge is -2.39. The Kier molecular flexibility index (Phi) is 6.60. The monoisotopic (exact) mass is 455 g/mol. The van der Waals surface area contributed by atoms with Crippen LogP contribution in [-0.4, -0.2) is 37.4 Å². The average Bonchev–Trinajstić information content (AvgIpc) is 2.77. The van der Waals surface area contributed by atoms with Gasteiger partial charge in [-0.2, -0.15) is 0 Å². The zero-order valence-electron chi connectivity index (χ0n) is 17.5. The van der Waals surface area contributed by atoms with Gasteiger partial charge in [-0.15, -0.1) is 0 Å². The van der Waals surface area contributed by atoms with Crippen LogP contribution in [0, 0.1) is 6.92 Å². The summed E-state index contributed by atoms with van der Waals surface area (Å²) in [6.45, 7) is 4.42. The van der Waals surface area contributed by atoms with E-state index in [0.717, 1.165) is 43.7 Å². The van der Waals surface area contributed by atoms with Crippen molar-refractivity contribution in [3.05, 3.63) is 89.2 Å². The van der Waals surface area contributed by atoms with Gasteiger partial charge in [-0.25, -0.2) is 8.42 Å². The van der Waals surface area contributed by atoms with Gasteiger partial charge in [0.15, 0.2) is 0 Å². The predicted molar refractivity (Wildman–Crippen MR) is 125 cm³/mol. The van der Waals surface area contributed by atoms with Crippen molar-refractivity contribution in [1.29, 1.82) is 0 Å². The standard InChI is InChI=1S/C24H26ClN3O2S/c1-19-5-9-22(10-6-19)28(31(29,30)24-11-7-20(25)8-12-24)23-13-16-27(17-14-23)18-21-4-2-3-15-26-21/h2-12,15,23H,13-14,16-18H2,1H3. The number of anilines is 1. The van der Waals surface area contributed by atoms with E-state index in [1.54, 1.807) is 34.8 Å². The Bertz CT molecular complexity index is 1100. The highest BCUT2D eigenvalue weighted by Gasteiger charge is 2.34. The third kappa shape index (κ3) is 5.09. The Morgan fingerprint density at radius 2 is 1.68 bits per heavy atom. The number of rotatable bonds is 6. The van der Waals surface area contributed by atoms with Crippen LogP contribution in [0.15, 0.2) is 77.8 Å². The third-order valence-corrected chi connectivity index (χ3v) is 7.81. The molecule has 4 rings (SSSR count). The molecule has 5 nitrogen and oxygen atoms in total. The fourth-order valence-corrected chi connectivity index (χ4v) is 5.83. The number of piperidine rings is 1. The van der Waals surface area contributed by atoms with Gasteiger partial charge in [0.1, 0.15) is 0 Å². The second-order valence-electron chi connectivity index (χ2n) is 7.92. The maximum Gasteiger partial charge on any atom is 0.264 e. The predicted octanol–water partition coefficient (Wildman–Crippen LogP) is 4.90. The molecule has 0 saturated carbocycles. The molecule has 0 radical (unpaired) electrons. The van der Waals surface area contributed by atoms with Crippen molar-refractivity contribution < 1.29 is 8.42 Å². The maximum atomic E-state index is 13.7. The smallest absolute Gasteiger partial charge is 0.264 e. The highest BCUT2D eigenvalue weighted by Crippen LogP contribution is 2.31. The number of hydrogen-bond donors (Lipinski definition) is 0. The molecule has 2 aromatic carbocycles. The van der Waals surface area contributed by atoms with Gasteiger partial charge in [0.2, 0.25) is 0 Å². The summed E-state index contributed by atoms with van der Waals surface area (Å²) < 4.78 is 28.9. The highest BCUT2D eigenvalue weighted by atomic mass is 35.5. The molecule has 31 heavy (non-hydrogen) atoms. The zero-order chi connectivity index (χ0) is 21.8. The molecule has 0 aliphatic carbocycles. The van der Waals surface area contributed by atoms with Crippen molar-refractivity contribution in [3.63, 3.8) is 0 Å². The molecule has 0 amide bonds. The summed E-state index contributed by atoms with van der Waals surface area (Å²) in [4.78, 5) is 7.00. The van der Waals surface area contributed by atoms with Crippen LogP contribution < -0.4 is 4.31 Å². The van der Waals surface area contributed by atoms with Gasteiger partial charge in [0.05, 0.1) is 16.3 Å². The molecule has 1 fully saturated rings. The molecule has 7 heteroatoms. The van der Waals surface area contributed by atoms with Crippen molar-refractivity contribution in [2.45, 2.75) is 37.2 Å². The SMILES string of the molecule is Cc1ccc(N(C2CCN(Cc3ccccn3)CC2)S(=O)(=O)c2ccc(Cl)cc2)cc1. The first-order chi connectivity index (χ1) is 14.9. The number of pyridine rings is 1. The second kappa shape index (κ2) is 9.39. The number of hydrogen-bond acceptors (Lipinski definition) is 4. The first-order valence-corrected chi connectivity index (χ1v) is 12.2. The molecule has 2 heterocycles. The maximum absolute atomic E-state index is 13.7. The number of sulfonamides is 1. The summed E-state index contributed by atoms with van der Waals surface area (Å²) in [5.41, 5.74) is 2.83. The molecule has 0 bridgehead atoms. The Labute approximate surface area is 189 Å². The van der Waals surface area contributed by atoms with Crippen LogP contribution in [0.2, 0.25) is 5.02 Å². The zero-order valence-corrected chi connectivity index (χ0v) is 19.1. The fourth-order valence-electron chi connectivity index (χ4n) is 3.99. The fraction of sp³-hybridized carbons (Fsp3) is 0.292. The summed E-state index contributed by atoms with van der Waals surface area (Å²) in [5.74, 6) is 0. The second-order valence-corrected chi connectivity index (χ2v) is 10.2. The molecule has 0 spiro atoms. The number of nitrogens with zero attached hydrogens (tertiary/aromatic N) is 3. The molecule has 1 aromatic heterocycles. The lowest BCUT2D eigenvalue weighted by molar-refractivity contribution is 0.204. The Hall–Kier alpha value is -2.41. The van der Waals surface area contributed by atoms with Crippen LogP contribution in [-0.2, 0) is 16.6 Å². The normalized spacial score (nSPS) is 15.7. The van der Waals surface area contributed by atoms with Crippen LogP contribution in [0.4, 0.5) is 5.69 Å². The topological polar surface area (TPSA) is 53.5 Å². The molecule has 1 aliphatic rings. The summed E-state index contributed by atoms with van der Waals surface area (Å²) in [6, 6.07) is 19.9. The number of aryl methyl sites for hydroxylation is 1. The Balaban J connectivity index is 1.58. The highest BCUT2D eigenvalue weighted by molar-refractivity contribution is 7.92. The number of likely N-dealkylation sites (tertiary alicyclic amines) is 1. The van der Waals surface area contributed by atoms with Crippen molar-refractivity contribution in [2.75, 3.05) is 17.4 Å². The third-order valence-electron chi connectivity index (χ3n) is 5.66. The van der Waals surface area contributed by atoms with E-state index in [2.05, 4.69) is 9.88 Å². The van der Waals surface area contributed by atoms with E-state index >= 15 is 0 Å². The lowest BCUT2D eigenvalue weighted by Crippen LogP contribution is -2.47. The van der Waals surface area contributed by atoms with E-state index in [-0.39, 0.29) is 10.9 Å².